The van der Waals surface area contributed by atoms with Crippen LogP contribution in [0.4, 0.5) is 10.8 Å². The summed E-state index contributed by atoms with van der Waals surface area (Å²) in [6.45, 7) is 4.44. The first kappa shape index (κ1) is 13.7. The Morgan fingerprint density at radius 2 is 2.29 bits per heavy atom. The molecular weight excluding hydrogens is 268 g/mol. The molecule has 3 heterocycles. The number of rotatable bonds is 2. The zero-order chi connectivity index (χ0) is 15.0. The lowest BCUT2D eigenvalue weighted by molar-refractivity contribution is 0.204. The molecule has 1 fully saturated rings. The van der Waals surface area contributed by atoms with Gasteiger partial charge in [0, 0.05) is 25.5 Å². The number of carbonyl (C=O) groups excluding carboxylic acids is 1. The summed E-state index contributed by atoms with van der Waals surface area (Å²) < 4.78 is 7.48. The molecule has 0 radical (unpaired) electrons. The summed E-state index contributed by atoms with van der Waals surface area (Å²) in [4.78, 5) is 18.5. The highest BCUT2D eigenvalue weighted by atomic mass is 16.4. The van der Waals surface area contributed by atoms with E-state index in [1.165, 1.54) is 0 Å². The fraction of sp³-hybridized carbons (Fsp3) is 0.467. The van der Waals surface area contributed by atoms with Crippen LogP contribution in [0.1, 0.15) is 36.0 Å². The van der Waals surface area contributed by atoms with E-state index in [9.17, 15) is 4.79 Å². The molecule has 3 rings (SSSR count). The highest BCUT2D eigenvalue weighted by Gasteiger charge is 2.31. The van der Waals surface area contributed by atoms with E-state index in [1.54, 1.807) is 0 Å². The van der Waals surface area contributed by atoms with E-state index in [2.05, 4.69) is 20.9 Å². The fourth-order valence-electron chi connectivity index (χ4n) is 2.83. The maximum absolute atomic E-state index is 12.5. The minimum absolute atomic E-state index is 0.113. The third kappa shape index (κ3) is 2.53. The summed E-state index contributed by atoms with van der Waals surface area (Å²) in [7, 11) is 2.00. The highest BCUT2D eigenvalue weighted by Crippen LogP contribution is 2.32. The molecule has 0 aromatic carbocycles. The van der Waals surface area contributed by atoms with Crippen LogP contribution in [-0.2, 0) is 7.05 Å². The van der Waals surface area contributed by atoms with Crippen molar-refractivity contribution in [2.24, 2.45) is 7.05 Å². The van der Waals surface area contributed by atoms with E-state index < -0.39 is 0 Å². The summed E-state index contributed by atoms with van der Waals surface area (Å²) in [5.41, 5.74) is 1.95. The number of nitrogens with zero attached hydrogens (tertiary/aromatic N) is 3. The van der Waals surface area contributed by atoms with E-state index in [4.69, 9.17) is 4.42 Å². The van der Waals surface area contributed by atoms with E-state index in [1.807, 2.05) is 38.1 Å². The predicted molar refractivity (Wildman–Crippen MR) is 79.1 cm³/mol. The molecule has 6 nitrogen and oxygen atoms in total. The Kier molecular flexibility index (Phi) is 3.45. The van der Waals surface area contributed by atoms with Gasteiger partial charge >= 0.3 is 12.0 Å². The second-order valence-corrected chi connectivity index (χ2v) is 5.49. The molecule has 0 aliphatic carbocycles. The maximum Gasteiger partial charge on any atom is 0.326 e. The molecule has 1 saturated heterocycles. The van der Waals surface area contributed by atoms with Crippen molar-refractivity contribution in [2.45, 2.75) is 32.7 Å². The number of anilines is 1. The standard InChI is InChI=1S/C15H20N4O2/c1-10-11(2)21-14(16-10)17-15(20)19-9-5-7-13(19)12-6-4-8-18(12)3/h4,6,8,13H,5,7,9H2,1-3H3,(H,16,17,20)/t13-/m0/s1. The second-order valence-electron chi connectivity index (χ2n) is 5.49. The summed E-state index contributed by atoms with van der Waals surface area (Å²) in [6, 6.07) is 4.30. The average Bonchev–Trinajstić information content (AvgIpc) is 3.11. The smallest absolute Gasteiger partial charge is 0.326 e. The molecule has 0 saturated carbocycles. The SMILES string of the molecule is Cc1nc(NC(=O)N2CCC[C@H]2c2cccn2C)oc1C. The number of hydrogen-bond acceptors (Lipinski definition) is 3. The number of carbonyl (C=O) groups is 1. The van der Waals surface area contributed by atoms with Crippen molar-refractivity contribution in [3.63, 3.8) is 0 Å². The molecule has 1 N–H and O–H groups in total. The van der Waals surface area contributed by atoms with Gasteiger partial charge in [-0.3, -0.25) is 5.32 Å². The zero-order valence-electron chi connectivity index (χ0n) is 12.6. The van der Waals surface area contributed by atoms with Crippen molar-refractivity contribution < 1.29 is 9.21 Å². The van der Waals surface area contributed by atoms with E-state index in [0.717, 1.165) is 36.5 Å². The van der Waals surface area contributed by atoms with Crippen molar-refractivity contribution >= 4 is 12.0 Å². The van der Waals surface area contributed by atoms with E-state index in [0.29, 0.717) is 0 Å². The first-order valence-corrected chi connectivity index (χ1v) is 7.19. The van der Waals surface area contributed by atoms with Crippen molar-refractivity contribution in [3.05, 3.63) is 35.5 Å². The Balaban J connectivity index is 1.76. The Morgan fingerprint density at radius 3 is 2.90 bits per heavy atom. The largest absolute Gasteiger partial charge is 0.428 e. The van der Waals surface area contributed by atoms with Crippen molar-refractivity contribution in [3.8, 4) is 0 Å². The monoisotopic (exact) mass is 288 g/mol. The normalized spacial score (nSPS) is 18.2. The lowest BCUT2D eigenvalue weighted by Gasteiger charge is -2.24. The van der Waals surface area contributed by atoms with Crippen LogP contribution in [0.3, 0.4) is 0 Å². The Morgan fingerprint density at radius 1 is 1.48 bits per heavy atom. The molecule has 112 valence electrons. The Labute approximate surface area is 123 Å². The molecule has 1 aliphatic rings. The molecule has 6 heteroatoms. The fourth-order valence-corrected chi connectivity index (χ4v) is 2.83. The number of nitrogens with one attached hydrogen (secondary N) is 1. The average molecular weight is 288 g/mol. The number of aromatic nitrogens is 2. The summed E-state index contributed by atoms with van der Waals surface area (Å²) in [5, 5.41) is 2.76. The highest BCUT2D eigenvalue weighted by molar-refractivity contribution is 5.87. The van der Waals surface area contributed by atoms with Gasteiger partial charge in [0.1, 0.15) is 5.76 Å². The van der Waals surface area contributed by atoms with Crippen LogP contribution in [0.5, 0.6) is 0 Å². The third-order valence-corrected chi connectivity index (χ3v) is 4.08. The van der Waals surface area contributed by atoms with Crippen molar-refractivity contribution in [2.75, 3.05) is 11.9 Å². The molecule has 1 atom stereocenters. The molecular formula is C15H20N4O2. The van der Waals surface area contributed by atoms with Crippen LogP contribution in [0, 0.1) is 13.8 Å². The molecule has 2 amide bonds. The van der Waals surface area contributed by atoms with Gasteiger partial charge in [0.25, 0.3) is 0 Å². The number of amides is 2. The van der Waals surface area contributed by atoms with Crippen LogP contribution in [-0.4, -0.2) is 27.0 Å². The minimum atomic E-state index is -0.153. The van der Waals surface area contributed by atoms with E-state index >= 15 is 0 Å². The topological polar surface area (TPSA) is 63.3 Å². The van der Waals surface area contributed by atoms with E-state index in [-0.39, 0.29) is 18.1 Å². The van der Waals surface area contributed by atoms with Crippen LogP contribution >= 0.6 is 0 Å². The van der Waals surface area contributed by atoms with Gasteiger partial charge < -0.3 is 13.9 Å². The van der Waals surface area contributed by atoms with Crippen LogP contribution in [0.15, 0.2) is 22.7 Å². The number of urea groups is 1. The lowest BCUT2D eigenvalue weighted by atomic mass is 10.1. The van der Waals surface area contributed by atoms with Gasteiger partial charge in [-0.25, -0.2) is 4.79 Å². The molecule has 0 bridgehead atoms. The first-order chi connectivity index (χ1) is 10.1. The number of oxazole rings is 1. The molecule has 0 spiro atoms. The quantitative estimate of drug-likeness (QED) is 0.924. The third-order valence-electron chi connectivity index (χ3n) is 4.08. The van der Waals surface area contributed by atoms with Crippen LogP contribution in [0.2, 0.25) is 0 Å². The zero-order valence-corrected chi connectivity index (χ0v) is 12.6. The van der Waals surface area contributed by atoms with Gasteiger partial charge in [-0.15, -0.1) is 0 Å². The molecule has 0 unspecified atom stereocenters. The molecule has 21 heavy (non-hydrogen) atoms. The number of likely N-dealkylation sites (tertiary alicyclic amines) is 1. The molecule has 2 aromatic heterocycles. The van der Waals surface area contributed by atoms with Gasteiger partial charge in [-0.05, 0) is 38.8 Å². The Bertz CT molecular complexity index is 639. The summed E-state index contributed by atoms with van der Waals surface area (Å²) in [5.74, 6) is 0.728. The van der Waals surface area contributed by atoms with Crippen LogP contribution in [0.25, 0.3) is 0 Å². The van der Waals surface area contributed by atoms with Gasteiger partial charge in [-0.2, -0.15) is 4.98 Å². The maximum atomic E-state index is 12.5. The summed E-state index contributed by atoms with van der Waals surface area (Å²) >= 11 is 0. The minimum Gasteiger partial charge on any atom is -0.428 e. The van der Waals surface area contributed by atoms with Gasteiger partial charge in [-0.1, -0.05) is 0 Å². The molecule has 2 aromatic rings. The first-order valence-electron chi connectivity index (χ1n) is 7.19. The van der Waals surface area contributed by atoms with Gasteiger partial charge in [0.15, 0.2) is 0 Å². The van der Waals surface area contributed by atoms with Crippen molar-refractivity contribution in [1.29, 1.82) is 0 Å². The second kappa shape index (κ2) is 5.27. The van der Waals surface area contributed by atoms with Gasteiger partial charge in [0.2, 0.25) is 0 Å². The summed E-state index contributed by atoms with van der Waals surface area (Å²) in [6.07, 6.45) is 3.99. The Hall–Kier alpha value is -2.24. The number of hydrogen-bond donors (Lipinski definition) is 1. The van der Waals surface area contributed by atoms with Gasteiger partial charge in [0.05, 0.1) is 11.7 Å². The predicted octanol–water partition coefficient (Wildman–Crippen LogP) is 3.00. The lowest BCUT2D eigenvalue weighted by Crippen LogP contribution is -2.35. The van der Waals surface area contributed by atoms with Crippen molar-refractivity contribution in [1.82, 2.24) is 14.5 Å². The van der Waals surface area contributed by atoms with Crippen LogP contribution < -0.4 is 5.32 Å². The number of aryl methyl sites for hydroxylation is 3. The molecule has 1 aliphatic heterocycles.